The summed E-state index contributed by atoms with van der Waals surface area (Å²) in [6.45, 7) is 7.42. The number of hydrogen-bond acceptors (Lipinski definition) is 5. The first kappa shape index (κ1) is 16.6. The van der Waals surface area contributed by atoms with E-state index in [0.29, 0.717) is 5.69 Å². The van der Waals surface area contributed by atoms with Crippen LogP contribution in [-0.4, -0.2) is 31.3 Å². The zero-order chi connectivity index (χ0) is 16.9. The molecule has 0 aliphatic carbocycles. The van der Waals surface area contributed by atoms with Gasteiger partial charge in [-0.2, -0.15) is 0 Å². The maximum atomic E-state index is 10.9. The monoisotopic (exact) mass is 325 g/mol. The van der Waals surface area contributed by atoms with E-state index in [1.54, 1.807) is 6.07 Å². The fourth-order valence-electron chi connectivity index (χ4n) is 3.19. The maximum absolute atomic E-state index is 10.9. The Labute approximate surface area is 142 Å². The average molecular weight is 325 g/mol. The maximum Gasteiger partial charge on any atom is 0.129 e. The Balaban J connectivity index is 2.09. The summed E-state index contributed by atoms with van der Waals surface area (Å²) in [4.78, 5) is 18.0. The van der Waals surface area contributed by atoms with Gasteiger partial charge in [0.15, 0.2) is 0 Å². The summed E-state index contributed by atoms with van der Waals surface area (Å²) in [7, 11) is 0. The number of morpholine rings is 1. The Kier molecular flexibility index (Phi) is 5.20. The predicted octanol–water partition coefficient (Wildman–Crippen LogP) is 4.24. The fourth-order valence-corrected chi connectivity index (χ4v) is 3.19. The van der Waals surface area contributed by atoms with Gasteiger partial charge < -0.3 is 9.64 Å². The Bertz CT molecular complexity index is 725. The highest BCUT2D eigenvalue weighted by molar-refractivity contribution is 5.73. The van der Waals surface area contributed by atoms with Crippen molar-refractivity contribution in [2.45, 2.75) is 26.7 Å². The van der Waals surface area contributed by atoms with Crippen LogP contribution >= 0.6 is 0 Å². The standard InChI is InChI=1S/C19H23N3O2/c1-3-5-17-14(2)20-19(22-8-10-24-11-9-22)13-18(17)15-6-4-7-16(12-15)21-23/h4,6-7,12-13H,3,5,8-11H2,1-2H3. The van der Waals surface area contributed by atoms with Crippen molar-refractivity contribution < 1.29 is 4.74 Å². The first-order chi connectivity index (χ1) is 11.7. The molecule has 0 N–H and O–H groups in total. The smallest absolute Gasteiger partial charge is 0.129 e. The van der Waals surface area contributed by atoms with Crippen molar-refractivity contribution in [2.75, 3.05) is 31.2 Å². The lowest BCUT2D eigenvalue weighted by Gasteiger charge is -2.29. The number of rotatable bonds is 5. The van der Waals surface area contributed by atoms with E-state index in [-0.39, 0.29) is 0 Å². The molecule has 5 nitrogen and oxygen atoms in total. The molecule has 0 bridgehead atoms. The number of nitrogens with zero attached hydrogens (tertiary/aromatic N) is 3. The van der Waals surface area contributed by atoms with Crippen LogP contribution < -0.4 is 4.90 Å². The quantitative estimate of drug-likeness (QED) is 0.771. The first-order valence-corrected chi connectivity index (χ1v) is 8.50. The van der Waals surface area contributed by atoms with Gasteiger partial charge in [0.1, 0.15) is 11.5 Å². The molecule has 1 saturated heterocycles. The molecule has 0 saturated carbocycles. The lowest BCUT2D eigenvalue weighted by molar-refractivity contribution is 0.122. The van der Waals surface area contributed by atoms with E-state index >= 15 is 0 Å². The second-order valence-electron chi connectivity index (χ2n) is 6.08. The number of nitroso groups, excluding NO2 is 1. The van der Waals surface area contributed by atoms with Gasteiger partial charge in [-0.3, -0.25) is 0 Å². The van der Waals surface area contributed by atoms with Crippen LogP contribution in [0.4, 0.5) is 11.5 Å². The Morgan fingerprint density at radius 3 is 2.75 bits per heavy atom. The molecule has 2 aromatic rings. The number of ether oxygens (including phenoxy) is 1. The summed E-state index contributed by atoms with van der Waals surface area (Å²) in [5.41, 5.74) is 4.93. The van der Waals surface area contributed by atoms with E-state index in [1.807, 2.05) is 18.2 Å². The lowest BCUT2D eigenvalue weighted by atomic mass is 9.95. The van der Waals surface area contributed by atoms with Gasteiger partial charge in [0.25, 0.3) is 0 Å². The van der Waals surface area contributed by atoms with Crippen molar-refractivity contribution in [3.63, 3.8) is 0 Å². The van der Waals surface area contributed by atoms with Gasteiger partial charge in [-0.05, 0) is 53.4 Å². The van der Waals surface area contributed by atoms with Gasteiger partial charge in [0.2, 0.25) is 0 Å². The summed E-state index contributed by atoms with van der Waals surface area (Å²) in [5, 5.41) is 3.07. The fraction of sp³-hybridized carbons (Fsp3) is 0.421. The molecule has 1 aromatic heterocycles. The topological polar surface area (TPSA) is 54.8 Å². The summed E-state index contributed by atoms with van der Waals surface area (Å²) in [6, 6.07) is 9.64. The zero-order valence-corrected chi connectivity index (χ0v) is 14.3. The molecule has 2 heterocycles. The van der Waals surface area contributed by atoms with E-state index in [9.17, 15) is 4.91 Å². The van der Waals surface area contributed by atoms with Crippen molar-refractivity contribution >= 4 is 11.5 Å². The Morgan fingerprint density at radius 1 is 1.25 bits per heavy atom. The van der Waals surface area contributed by atoms with Crippen LogP contribution in [-0.2, 0) is 11.2 Å². The molecule has 0 atom stereocenters. The Morgan fingerprint density at radius 2 is 2.04 bits per heavy atom. The molecular formula is C19H23N3O2. The number of pyridine rings is 1. The van der Waals surface area contributed by atoms with E-state index in [2.05, 4.69) is 30.0 Å². The van der Waals surface area contributed by atoms with Crippen molar-refractivity contribution in [1.82, 2.24) is 4.98 Å². The van der Waals surface area contributed by atoms with Crippen LogP contribution in [0.3, 0.4) is 0 Å². The largest absolute Gasteiger partial charge is 0.378 e. The van der Waals surface area contributed by atoms with Crippen LogP contribution in [0.1, 0.15) is 24.6 Å². The molecule has 5 heteroatoms. The van der Waals surface area contributed by atoms with Gasteiger partial charge in [-0.25, -0.2) is 4.98 Å². The van der Waals surface area contributed by atoms with Crippen molar-refractivity contribution in [3.8, 4) is 11.1 Å². The van der Waals surface area contributed by atoms with E-state index in [4.69, 9.17) is 9.72 Å². The number of anilines is 1. The minimum Gasteiger partial charge on any atom is -0.378 e. The molecule has 3 rings (SSSR count). The van der Waals surface area contributed by atoms with E-state index in [0.717, 1.165) is 61.8 Å². The third-order valence-electron chi connectivity index (χ3n) is 4.42. The number of aromatic nitrogens is 1. The SMILES string of the molecule is CCCc1c(-c2cccc(N=O)c2)cc(N2CCOCC2)nc1C. The number of benzene rings is 1. The van der Waals surface area contributed by atoms with Gasteiger partial charge in [-0.1, -0.05) is 25.5 Å². The zero-order valence-electron chi connectivity index (χ0n) is 14.3. The summed E-state index contributed by atoms with van der Waals surface area (Å²) in [5.74, 6) is 0.982. The van der Waals surface area contributed by atoms with Crippen molar-refractivity contribution in [1.29, 1.82) is 0 Å². The summed E-state index contributed by atoms with van der Waals surface area (Å²) in [6.07, 6.45) is 2.02. The molecule has 0 amide bonds. The third kappa shape index (κ3) is 3.46. The molecule has 1 aliphatic rings. The van der Waals surface area contributed by atoms with Crippen LogP contribution in [0.5, 0.6) is 0 Å². The minimum absolute atomic E-state index is 0.456. The van der Waals surface area contributed by atoms with Crippen LogP contribution in [0.25, 0.3) is 11.1 Å². The molecule has 0 radical (unpaired) electrons. The van der Waals surface area contributed by atoms with Crippen molar-refractivity contribution in [3.05, 3.63) is 46.5 Å². The number of aryl methyl sites for hydroxylation is 1. The lowest BCUT2D eigenvalue weighted by Crippen LogP contribution is -2.36. The second-order valence-corrected chi connectivity index (χ2v) is 6.08. The van der Waals surface area contributed by atoms with E-state index in [1.165, 1.54) is 5.56 Å². The van der Waals surface area contributed by atoms with Crippen molar-refractivity contribution in [2.24, 2.45) is 5.18 Å². The van der Waals surface area contributed by atoms with Gasteiger partial charge in [0, 0.05) is 18.8 Å². The summed E-state index contributed by atoms with van der Waals surface area (Å²) >= 11 is 0. The molecule has 1 aromatic carbocycles. The van der Waals surface area contributed by atoms with Gasteiger partial charge in [-0.15, -0.1) is 4.91 Å². The molecule has 1 fully saturated rings. The number of hydrogen-bond donors (Lipinski definition) is 0. The molecular weight excluding hydrogens is 302 g/mol. The highest BCUT2D eigenvalue weighted by Gasteiger charge is 2.17. The van der Waals surface area contributed by atoms with Gasteiger partial charge in [0.05, 0.1) is 13.2 Å². The van der Waals surface area contributed by atoms with Crippen LogP contribution in [0, 0.1) is 11.8 Å². The minimum atomic E-state index is 0.456. The highest BCUT2D eigenvalue weighted by atomic mass is 16.5. The first-order valence-electron chi connectivity index (χ1n) is 8.50. The van der Waals surface area contributed by atoms with Crippen LogP contribution in [0.2, 0.25) is 0 Å². The second kappa shape index (κ2) is 7.53. The normalized spacial score (nSPS) is 14.7. The van der Waals surface area contributed by atoms with E-state index < -0.39 is 0 Å². The average Bonchev–Trinajstić information content (AvgIpc) is 2.64. The molecule has 0 unspecified atom stereocenters. The molecule has 126 valence electrons. The van der Waals surface area contributed by atoms with Gasteiger partial charge >= 0.3 is 0 Å². The summed E-state index contributed by atoms with van der Waals surface area (Å²) < 4.78 is 5.44. The van der Waals surface area contributed by atoms with Crippen LogP contribution in [0.15, 0.2) is 35.5 Å². The predicted molar refractivity (Wildman–Crippen MR) is 96.9 cm³/mol. The Hall–Kier alpha value is -2.27. The molecule has 24 heavy (non-hydrogen) atoms. The molecule has 1 aliphatic heterocycles. The third-order valence-corrected chi connectivity index (χ3v) is 4.42. The molecule has 0 spiro atoms. The highest BCUT2D eigenvalue weighted by Crippen LogP contribution is 2.32.